The van der Waals surface area contributed by atoms with Crippen LogP contribution in [0.2, 0.25) is 0 Å². The first-order valence-electron chi connectivity index (χ1n) is 6.30. The first-order chi connectivity index (χ1) is 8.08. The summed E-state index contributed by atoms with van der Waals surface area (Å²) in [5.41, 5.74) is 5.94. The fourth-order valence-corrected chi connectivity index (χ4v) is 2.33. The summed E-state index contributed by atoms with van der Waals surface area (Å²) in [6, 6.07) is 0.375. The highest BCUT2D eigenvalue weighted by atomic mass is 15.3. The lowest BCUT2D eigenvalue weighted by atomic mass is 10.3. The van der Waals surface area contributed by atoms with Gasteiger partial charge in [-0.25, -0.2) is 4.98 Å². The van der Waals surface area contributed by atoms with E-state index in [-0.39, 0.29) is 0 Å². The molecule has 0 unspecified atom stereocenters. The lowest BCUT2D eigenvalue weighted by Crippen LogP contribution is -2.44. The molecule has 0 aliphatic carbocycles. The molecule has 1 saturated heterocycles. The van der Waals surface area contributed by atoms with E-state index < -0.39 is 0 Å². The summed E-state index contributed by atoms with van der Waals surface area (Å²) in [4.78, 5) is 9.24. The topological polar surface area (TPSA) is 50.3 Å². The summed E-state index contributed by atoms with van der Waals surface area (Å²) in [7, 11) is 2.17. The highest BCUT2D eigenvalue weighted by molar-refractivity contribution is 5.28. The third-order valence-corrected chi connectivity index (χ3v) is 3.38. The van der Waals surface area contributed by atoms with Gasteiger partial charge in [-0.15, -0.1) is 0 Å². The zero-order chi connectivity index (χ0) is 12.4. The predicted octanol–water partition coefficient (Wildman–Crippen LogP) is 0.794. The Bertz CT molecular complexity index is 363. The van der Waals surface area contributed by atoms with E-state index in [0.717, 1.165) is 44.4 Å². The molecule has 5 heteroatoms. The number of imidazole rings is 1. The number of piperazine rings is 1. The van der Waals surface area contributed by atoms with Gasteiger partial charge in [-0.3, -0.25) is 4.90 Å². The molecular weight excluding hydrogens is 214 g/mol. The quantitative estimate of drug-likeness (QED) is 0.844. The van der Waals surface area contributed by atoms with E-state index in [1.807, 2.05) is 0 Å². The van der Waals surface area contributed by atoms with Gasteiger partial charge in [0.2, 0.25) is 0 Å². The van der Waals surface area contributed by atoms with E-state index in [1.165, 1.54) is 0 Å². The molecule has 1 aromatic rings. The normalized spacial score (nSPS) is 19.1. The highest BCUT2D eigenvalue weighted by Gasteiger charge is 2.17. The summed E-state index contributed by atoms with van der Waals surface area (Å²) < 4.78 is 2.12. The first-order valence-corrected chi connectivity index (χ1v) is 6.30. The summed E-state index contributed by atoms with van der Waals surface area (Å²) in [5.74, 6) is 1.85. The standard InChI is InChI=1S/C12H23N5/c1-10(2)17-11(13)8-14-12(17)9-16-6-4-15(3)5-7-16/h8,10H,4-7,9,13H2,1-3H3. The molecule has 0 atom stereocenters. The fraction of sp³-hybridized carbons (Fsp3) is 0.750. The van der Waals surface area contributed by atoms with E-state index in [4.69, 9.17) is 5.73 Å². The van der Waals surface area contributed by atoms with Crippen molar-refractivity contribution in [1.29, 1.82) is 0 Å². The Hall–Kier alpha value is -1.07. The Kier molecular flexibility index (Phi) is 3.69. The van der Waals surface area contributed by atoms with Crippen molar-refractivity contribution in [2.24, 2.45) is 0 Å². The molecule has 96 valence electrons. The number of nitrogens with two attached hydrogens (primary N) is 1. The van der Waals surface area contributed by atoms with E-state index in [1.54, 1.807) is 6.20 Å². The number of anilines is 1. The maximum atomic E-state index is 5.94. The average Bonchev–Trinajstić information content (AvgIpc) is 2.63. The number of likely N-dealkylation sites (N-methyl/N-ethyl adjacent to an activating group) is 1. The maximum absolute atomic E-state index is 5.94. The molecule has 5 nitrogen and oxygen atoms in total. The monoisotopic (exact) mass is 237 g/mol. The lowest BCUT2D eigenvalue weighted by molar-refractivity contribution is 0.144. The summed E-state index contributed by atoms with van der Waals surface area (Å²) in [5, 5.41) is 0. The van der Waals surface area contributed by atoms with E-state index in [9.17, 15) is 0 Å². The minimum Gasteiger partial charge on any atom is -0.384 e. The van der Waals surface area contributed by atoms with Crippen molar-refractivity contribution in [2.45, 2.75) is 26.4 Å². The SMILES string of the molecule is CC(C)n1c(N)cnc1CN1CCN(C)CC1. The molecule has 17 heavy (non-hydrogen) atoms. The third kappa shape index (κ3) is 2.79. The second-order valence-corrected chi connectivity index (χ2v) is 5.14. The van der Waals surface area contributed by atoms with E-state index >= 15 is 0 Å². The van der Waals surface area contributed by atoms with E-state index in [2.05, 4.69) is 40.2 Å². The Labute approximate surface area is 103 Å². The largest absolute Gasteiger partial charge is 0.384 e. The van der Waals surface area contributed by atoms with Crippen LogP contribution in [0.25, 0.3) is 0 Å². The molecule has 0 spiro atoms. The van der Waals surface area contributed by atoms with Crippen molar-refractivity contribution in [3.63, 3.8) is 0 Å². The van der Waals surface area contributed by atoms with Crippen LogP contribution in [0.4, 0.5) is 5.82 Å². The van der Waals surface area contributed by atoms with Crippen LogP contribution in [0.1, 0.15) is 25.7 Å². The molecule has 1 aromatic heterocycles. The molecule has 2 rings (SSSR count). The second-order valence-electron chi connectivity index (χ2n) is 5.14. The number of hydrogen-bond acceptors (Lipinski definition) is 4. The molecule has 0 saturated carbocycles. The smallest absolute Gasteiger partial charge is 0.124 e. The summed E-state index contributed by atoms with van der Waals surface area (Å²) >= 11 is 0. The van der Waals surface area contributed by atoms with Crippen LogP contribution in [-0.4, -0.2) is 52.6 Å². The van der Waals surface area contributed by atoms with Gasteiger partial charge in [0.15, 0.2) is 0 Å². The molecule has 0 amide bonds. The summed E-state index contributed by atoms with van der Waals surface area (Å²) in [6.07, 6.45) is 1.77. The second kappa shape index (κ2) is 5.06. The van der Waals surface area contributed by atoms with Gasteiger partial charge in [0, 0.05) is 32.2 Å². The summed E-state index contributed by atoms with van der Waals surface area (Å²) in [6.45, 7) is 9.69. The predicted molar refractivity (Wildman–Crippen MR) is 69.8 cm³/mol. The number of hydrogen-bond donors (Lipinski definition) is 1. The number of nitrogens with zero attached hydrogens (tertiary/aromatic N) is 4. The van der Waals surface area contributed by atoms with Crippen LogP contribution in [0.3, 0.4) is 0 Å². The van der Waals surface area contributed by atoms with Crippen LogP contribution in [0.15, 0.2) is 6.20 Å². The van der Waals surface area contributed by atoms with Crippen molar-refractivity contribution < 1.29 is 0 Å². The molecule has 0 radical (unpaired) electrons. The highest BCUT2D eigenvalue weighted by Crippen LogP contribution is 2.17. The van der Waals surface area contributed by atoms with Crippen LogP contribution < -0.4 is 5.73 Å². The van der Waals surface area contributed by atoms with Crippen LogP contribution in [0, 0.1) is 0 Å². The van der Waals surface area contributed by atoms with Gasteiger partial charge < -0.3 is 15.2 Å². The molecule has 1 fully saturated rings. The van der Waals surface area contributed by atoms with Crippen molar-refractivity contribution >= 4 is 5.82 Å². The molecule has 2 heterocycles. The number of rotatable bonds is 3. The van der Waals surface area contributed by atoms with Gasteiger partial charge in [0.05, 0.1) is 12.7 Å². The molecular formula is C12H23N5. The van der Waals surface area contributed by atoms with Crippen molar-refractivity contribution in [3.8, 4) is 0 Å². The fourth-order valence-electron chi connectivity index (χ4n) is 2.33. The van der Waals surface area contributed by atoms with Gasteiger partial charge in [0.25, 0.3) is 0 Å². The molecule has 1 aliphatic rings. The Morgan fingerprint density at radius 1 is 1.29 bits per heavy atom. The van der Waals surface area contributed by atoms with Crippen molar-refractivity contribution in [2.75, 3.05) is 39.0 Å². The van der Waals surface area contributed by atoms with Crippen molar-refractivity contribution in [3.05, 3.63) is 12.0 Å². The van der Waals surface area contributed by atoms with Gasteiger partial charge in [0.1, 0.15) is 11.6 Å². The van der Waals surface area contributed by atoms with Gasteiger partial charge >= 0.3 is 0 Å². The lowest BCUT2D eigenvalue weighted by Gasteiger charge is -2.32. The van der Waals surface area contributed by atoms with Crippen molar-refractivity contribution in [1.82, 2.24) is 19.4 Å². The number of aromatic nitrogens is 2. The van der Waals surface area contributed by atoms with Crippen LogP contribution in [0.5, 0.6) is 0 Å². The van der Waals surface area contributed by atoms with E-state index in [0.29, 0.717) is 6.04 Å². The van der Waals surface area contributed by atoms with Gasteiger partial charge in [-0.2, -0.15) is 0 Å². The Morgan fingerprint density at radius 3 is 2.53 bits per heavy atom. The van der Waals surface area contributed by atoms with Crippen LogP contribution >= 0.6 is 0 Å². The Balaban J connectivity index is 2.03. The number of nitrogen functional groups attached to an aromatic ring is 1. The zero-order valence-corrected chi connectivity index (χ0v) is 11.1. The van der Waals surface area contributed by atoms with Gasteiger partial charge in [-0.1, -0.05) is 0 Å². The minimum absolute atomic E-state index is 0.375. The molecule has 0 aromatic carbocycles. The third-order valence-electron chi connectivity index (χ3n) is 3.38. The molecule has 1 aliphatic heterocycles. The van der Waals surface area contributed by atoms with Crippen LogP contribution in [-0.2, 0) is 6.54 Å². The zero-order valence-electron chi connectivity index (χ0n) is 11.1. The molecule has 0 bridgehead atoms. The Morgan fingerprint density at radius 2 is 1.94 bits per heavy atom. The molecule has 2 N–H and O–H groups in total. The maximum Gasteiger partial charge on any atom is 0.124 e. The minimum atomic E-state index is 0.375. The first kappa shape index (κ1) is 12.4. The average molecular weight is 237 g/mol. The van der Waals surface area contributed by atoms with Gasteiger partial charge in [-0.05, 0) is 20.9 Å².